The van der Waals surface area contributed by atoms with Crippen molar-refractivity contribution in [2.24, 2.45) is 0 Å². The Balaban J connectivity index is 1.74. The molecule has 2 N–H and O–H groups in total. The zero-order valence-electron chi connectivity index (χ0n) is 9.80. The van der Waals surface area contributed by atoms with Gasteiger partial charge < -0.3 is 15.2 Å². The molecule has 0 bridgehead atoms. The van der Waals surface area contributed by atoms with Gasteiger partial charge in [0.2, 0.25) is 0 Å². The summed E-state index contributed by atoms with van der Waals surface area (Å²) in [5, 5.41) is 6.19. The molecule has 6 heteroatoms. The maximum Gasteiger partial charge on any atom is 0.146 e. The van der Waals surface area contributed by atoms with Crippen molar-refractivity contribution in [3.63, 3.8) is 0 Å². The molecule has 2 aromatic rings. The van der Waals surface area contributed by atoms with E-state index in [2.05, 4.69) is 30.2 Å². The van der Waals surface area contributed by atoms with Crippen LogP contribution in [0, 0.1) is 0 Å². The molecule has 0 amide bonds. The number of aromatic nitrogens is 4. The Morgan fingerprint density at radius 1 is 1.24 bits per heavy atom. The molecule has 0 saturated carbocycles. The summed E-state index contributed by atoms with van der Waals surface area (Å²) >= 11 is 0. The Labute approximate surface area is 100 Å². The molecule has 6 nitrogen and oxygen atoms in total. The topological polar surface area (TPSA) is 67.7 Å². The first-order valence-corrected chi connectivity index (χ1v) is 5.58. The van der Waals surface area contributed by atoms with Crippen molar-refractivity contribution in [2.45, 2.75) is 13.0 Å². The van der Waals surface area contributed by atoms with Crippen LogP contribution in [0.4, 0.5) is 11.6 Å². The van der Waals surface area contributed by atoms with Crippen LogP contribution in [0.1, 0.15) is 6.42 Å². The van der Waals surface area contributed by atoms with Crippen molar-refractivity contribution in [1.29, 1.82) is 0 Å². The number of nitrogens with one attached hydrogen (secondary N) is 2. The highest BCUT2D eigenvalue weighted by Crippen LogP contribution is 2.05. The Bertz CT molecular complexity index is 439. The van der Waals surface area contributed by atoms with E-state index in [9.17, 15) is 0 Å². The van der Waals surface area contributed by atoms with Crippen LogP contribution in [0.2, 0.25) is 0 Å². The molecule has 90 valence electrons. The predicted octanol–water partition coefficient (Wildman–Crippen LogP) is 1.22. The Morgan fingerprint density at radius 3 is 2.88 bits per heavy atom. The molecular weight excluding hydrogens is 216 g/mol. The average molecular weight is 232 g/mol. The van der Waals surface area contributed by atoms with E-state index in [0.29, 0.717) is 0 Å². The van der Waals surface area contributed by atoms with Crippen molar-refractivity contribution in [3.05, 3.63) is 31.1 Å². The van der Waals surface area contributed by atoms with Crippen LogP contribution in [0.3, 0.4) is 0 Å². The third-order valence-corrected chi connectivity index (χ3v) is 2.35. The van der Waals surface area contributed by atoms with Crippen LogP contribution in [-0.4, -0.2) is 33.1 Å². The van der Waals surface area contributed by atoms with Crippen molar-refractivity contribution in [1.82, 2.24) is 19.5 Å². The number of hydrogen-bond acceptors (Lipinski definition) is 5. The van der Waals surface area contributed by atoms with Crippen LogP contribution < -0.4 is 10.6 Å². The summed E-state index contributed by atoms with van der Waals surface area (Å²) in [4.78, 5) is 12.4. The zero-order chi connectivity index (χ0) is 11.9. The van der Waals surface area contributed by atoms with Gasteiger partial charge in [-0.05, 0) is 6.42 Å². The van der Waals surface area contributed by atoms with E-state index in [4.69, 9.17) is 0 Å². The number of anilines is 2. The van der Waals surface area contributed by atoms with Crippen LogP contribution >= 0.6 is 0 Å². The quantitative estimate of drug-likeness (QED) is 0.733. The first-order valence-electron chi connectivity index (χ1n) is 5.58. The fourth-order valence-electron chi connectivity index (χ4n) is 1.47. The molecule has 0 saturated heterocycles. The van der Waals surface area contributed by atoms with E-state index in [-0.39, 0.29) is 0 Å². The number of rotatable bonds is 6. The van der Waals surface area contributed by atoms with Crippen LogP contribution in [0.25, 0.3) is 0 Å². The van der Waals surface area contributed by atoms with E-state index < -0.39 is 0 Å². The molecule has 2 aromatic heterocycles. The van der Waals surface area contributed by atoms with Gasteiger partial charge in [-0.25, -0.2) is 9.97 Å². The first kappa shape index (κ1) is 11.4. The lowest BCUT2D eigenvalue weighted by atomic mass is 10.4. The minimum atomic E-state index is 0.768. The predicted molar refractivity (Wildman–Crippen MR) is 66.9 cm³/mol. The SMILES string of the molecule is CNc1cncc(NCCCn2ccnc2)n1. The maximum absolute atomic E-state index is 4.32. The van der Waals surface area contributed by atoms with Gasteiger partial charge in [0, 0.05) is 32.5 Å². The molecule has 2 heterocycles. The Hall–Kier alpha value is -2.11. The molecule has 0 aromatic carbocycles. The molecule has 0 aliphatic carbocycles. The summed E-state index contributed by atoms with van der Waals surface area (Å²) in [5.74, 6) is 1.56. The van der Waals surface area contributed by atoms with Gasteiger partial charge in [0.15, 0.2) is 0 Å². The summed E-state index contributed by atoms with van der Waals surface area (Å²) in [5.41, 5.74) is 0. The lowest BCUT2D eigenvalue weighted by molar-refractivity contribution is 0.660. The number of imidazole rings is 1. The summed E-state index contributed by atoms with van der Waals surface area (Å²) in [6.07, 6.45) is 9.99. The monoisotopic (exact) mass is 232 g/mol. The fourth-order valence-corrected chi connectivity index (χ4v) is 1.47. The molecule has 0 fully saturated rings. The minimum Gasteiger partial charge on any atom is -0.372 e. The zero-order valence-corrected chi connectivity index (χ0v) is 9.80. The molecular formula is C11H16N6. The molecule has 2 rings (SSSR count). The first-order chi connectivity index (χ1) is 8.38. The van der Waals surface area contributed by atoms with Gasteiger partial charge in [-0.15, -0.1) is 0 Å². The summed E-state index contributed by atoms with van der Waals surface area (Å²) in [6, 6.07) is 0. The second-order valence-electron chi connectivity index (χ2n) is 3.62. The van der Waals surface area contributed by atoms with Gasteiger partial charge >= 0.3 is 0 Å². The van der Waals surface area contributed by atoms with Crippen molar-refractivity contribution >= 4 is 11.6 Å². The number of nitrogens with zero attached hydrogens (tertiary/aromatic N) is 4. The fraction of sp³-hybridized carbons (Fsp3) is 0.364. The van der Waals surface area contributed by atoms with Crippen LogP contribution in [0.5, 0.6) is 0 Å². The highest BCUT2D eigenvalue weighted by Gasteiger charge is 1.96. The highest BCUT2D eigenvalue weighted by atomic mass is 15.1. The van der Waals surface area contributed by atoms with Crippen LogP contribution in [0.15, 0.2) is 31.1 Å². The Kier molecular flexibility index (Phi) is 3.90. The van der Waals surface area contributed by atoms with Crippen molar-refractivity contribution in [3.8, 4) is 0 Å². The van der Waals surface area contributed by atoms with E-state index >= 15 is 0 Å². The second-order valence-corrected chi connectivity index (χ2v) is 3.62. The second kappa shape index (κ2) is 5.83. The lowest BCUT2D eigenvalue weighted by Gasteiger charge is -2.06. The van der Waals surface area contributed by atoms with Gasteiger partial charge in [0.05, 0.1) is 18.7 Å². The third kappa shape index (κ3) is 3.44. The molecule has 0 radical (unpaired) electrons. The van der Waals surface area contributed by atoms with Gasteiger partial charge in [0.1, 0.15) is 11.6 Å². The van der Waals surface area contributed by atoms with E-state index in [1.165, 1.54) is 0 Å². The molecule has 0 unspecified atom stereocenters. The lowest BCUT2D eigenvalue weighted by Crippen LogP contribution is -2.08. The van der Waals surface area contributed by atoms with Gasteiger partial charge in [0.25, 0.3) is 0 Å². The third-order valence-electron chi connectivity index (χ3n) is 2.35. The largest absolute Gasteiger partial charge is 0.372 e. The number of aryl methyl sites for hydroxylation is 1. The highest BCUT2D eigenvalue weighted by molar-refractivity contribution is 5.40. The summed E-state index contributed by atoms with van der Waals surface area (Å²) < 4.78 is 2.05. The molecule has 0 aliphatic heterocycles. The van der Waals surface area contributed by atoms with Gasteiger partial charge in [-0.2, -0.15) is 0 Å². The summed E-state index contributed by atoms with van der Waals surface area (Å²) in [6.45, 7) is 1.81. The van der Waals surface area contributed by atoms with Gasteiger partial charge in [-0.1, -0.05) is 0 Å². The Morgan fingerprint density at radius 2 is 2.12 bits per heavy atom. The van der Waals surface area contributed by atoms with Crippen molar-refractivity contribution in [2.75, 3.05) is 24.2 Å². The molecule has 0 aliphatic rings. The smallest absolute Gasteiger partial charge is 0.146 e. The molecule has 0 atom stereocenters. The van der Waals surface area contributed by atoms with E-state index in [0.717, 1.165) is 31.1 Å². The molecule has 0 spiro atoms. The molecule has 17 heavy (non-hydrogen) atoms. The average Bonchev–Trinajstić information content (AvgIpc) is 2.88. The standard InChI is InChI=1S/C11H16N6/c1-12-10-7-14-8-11(16-10)15-3-2-5-17-6-4-13-9-17/h4,6-9H,2-3,5H2,1H3,(H2,12,15,16). The van der Waals surface area contributed by atoms with Crippen molar-refractivity contribution < 1.29 is 0 Å². The van der Waals surface area contributed by atoms with E-state index in [1.54, 1.807) is 18.6 Å². The minimum absolute atomic E-state index is 0.768. The normalized spacial score (nSPS) is 10.2. The maximum atomic E-state index is 4.32. The van der Waals surface area contributed by atoms with E-state index in [1.807, 2.05) is 19.6 Å². The summed E-state index contributed by atoms with van der Waals surface area (Å²) in [7, 11) is 1.83. The number of hydrogen-bond donors (Lipinski definition) is 2. The van der Waals surface area contributed by atoms with Gasteiger partial charge in [-0.3, -0.25) is 4.98 Å². The van der Waals surface area contributed by atoms with Crippen LogP contribution in [-0.2, 0) is 6.54 Å².